The summed E-state index contributed by atoms with van der Waals surface area (Å²) in [7, 11) is 0. The highest BCUT2D eigenvalue weighted by molar-refractivity contribution is 4.74. The predicted molar refractivity (Wildman–Crippen MR) is 63.2 cm³/mol. The van der Waals surface area contributed by atoms with Crippen LogP contribution >= 0.6 is 0 Å². The summed E-state index contributed by atoms with van der Waals surface area (Å²) in [5.41, 5.74) is 5.90. The van der Waals surface area contributed by atoms with Crippen LogP contribution in [0.3, 0.4) is 0 Å². The van der Waals surface area contributed by atoms with Crippen molar-refractivity contribution in [2.75, 3.05) is 6.54 Å². The Kier molecular flexibility index (Phi) is 5.54. The van der Waals surface area contributed by atoms with Crippen molar-refractivity contribution >= 4 is 0 Å². The second kappa shape index (κ2) is 6.44. The maximum absolute atomic E-state index is 5.90. The van der Waals surface area contributed by atoms with E-state index in [0.717, 1.165) is 24.3 Å². The van der Waals surface area contributed by atoms with Crippen LogP contribution in [0.2, 0.25) is 0 Å². The van der Waals surface area contributed by atoms with Gasteiger partial charge in [0.2, 0.25) is 0 Å². The average Bonchev–Trinajstić information content (AvgIpc) is 2.41. The molecule has 1 aliphatic carbocycles. The van der Waals surface area contributed by atoms with Gasteiger partial charge >= 0.3 is 0 Å². The Hall–Kier alpha value is -0.0400. The van der Waals surface area contributed by atoms with E-state index in [9.17, 15) is 0 Å². The molecule has 0 aromatic rings. The summed E-state index contributed by atoms with van der Waals surface area (Å²) in [6.07, 6.45) is 10.0. The van der Waals surface area contributed by atoms with Gasteiger partial charge in [0.25, 0.3) is 0 Å². The van der Waals surface area contributed by atoms with Gasteiger partial charge in [0, 0.05) is 0 Å². The van der Waals surface area contributed by atoms with Crippen molar-refractivity contribution in [2.45, 2.75) is 58.8 Å². The van der Waals surface area contributed by atoms with E-state index in [1.165, 1.54) is 44.9 Å². The SMILES string of the molecule is CC(C)CC(CN)C1CCCCCC1. The predicted octanol–water partition coefficient (Wildman–Crippen LogP) is 3.58. The Bertz CT molecular complexity index is 134. The lowest BCUT2D eigenvalue weighted by Gasteiger charge is -2.26. The number of rotatable bonds is 4. The number of nitrogens with two attached hydrogens (primary N) is 1. The van der Waals surface area contributed by atoms with Gasteiger partial charge in [-0.3, -0.25) is 0 Å². The molecule has 0 radical (unpaired) electrons. The van der Waals surface area contributed by atoms with Gasteiger partial charge in [0.15, 0.2) is 0 Å². The zero-order valence-corrected chi connectivity index (χ0v) is 9.97. The number of hydrogen-bond donors (Lipinski definition) is 1. The van der Waals surface area contributed by atoms with Crippen LogP contribution in [0.15, 0.2) is 0 Å². The van der Waals surface area contributed by atoms with E-state index >= 15 is 0 Å². The molecule has 84 valence electrons. The van der Waals surface area contributed by atoms with Crippen molar-refractivity contribution in [1.82, 2.24) is 0 Å². The molecule has 0 amide bonds. The largest absolute Gasteiger partial charge is 0.330 e. The zero-order valence-electron chi connectivity index (χ0n) is 9.97. The first kappa shape index (κ1) is 12.0. The van der Waals surface area contributed by atoms with Gasteiger partial charge in [0.05, 0.1) is 0 Å². The summed E-state index contributed by atoms with van der Waals surface area (Å²) >= 11 is 0. The molecule has 1 nitrogen and oxygen atoms in total. The van der Waals surface area contributed by atoms with Gasteiger partial charge in [0.1, 0.15) is 0 Å². The van der Waals surface area contributed by atoms with Crippen LogP contribution in [0.1, 0.15) is 58.8 Å². The van der Waals surface area contributed by atoms with E-state index in [0.29, 0.717) is 0 Å². The van der Waals surface area contributed by atoms with Crippen LogP contribution in [-0.4, -0.2) is 6.54 Å². The Morgan fingerprint density at radius 3 is 2.07 bits per heavy atom. The van der Waals surface area contributed by atoms with Crippen molar-refractivity contribution in [3.8, 4) is 0 Å². The van der Waals surface area contributed by atoms with Crippen LogP contribution < -0.4 is 5.73 Å². The molecule has 0 saturated heterocycles. The summed E-state index contributed by atoms with van der Waals surface area (Å²) in [6.45, 7) is 5.54. The zero-order chi connectivity index (χ0) is 10.4. The van der Waals surface area contributed by atoms with E-state index in [-0.39, 0.29) is 0 Å². The summed E-state index contributed by atoms with van der Waals surface area (Å²) < 4.78 is 0. The van der Waals surface area contributed by atoms with Crippen molar-refractivity contribution in [3.63, 3.8) is 0 Å². The van der Waals surface area contributed by atoms with Gasteiger partial charge in [-0.05, 0) is 30.7 Å². The third kappa shape index (κ3) is 4.00. The lowest BCUT2D eigenvalue weighted by molar-refractivity contribution is 0.262. The van der Waals surface area contributed by atoms with Crippen LogP contribution in [-0.2, 0) is 0 Å². The molecule has 1 atom stereocenters. The summed E-state index contributed by atoms with van der Waals surface area (Å²) in [6, 6.07) is 0. The molecule has 1 unspecified atom stereocenters. The quantitative estimate of drug-likeness (QED) is 0.685. The first-order chi connectivity index (χ1) is 6.74. The minimum atomic E-state index is 0.799. The Labute approximate surface area is 89.5 Å². The Morgan fingerprint density at radius 2 is 1.64 bits per heavy atom. The maximum Gasteiger partial charge on any atom is -0.00461 e. The molecule has 14 heavy (non-hydrogen) atoms. The maximum atomic E-state index is 5.90. The van der Waals surface area contributed by atoms with Crippen molar-refractivity contribution in [3.05, 3.63) is 0 Å². The second-order valence-corrected chi connectivity index (χ2v) is 5.38. The second-order valence-electron chi connectivity index (χ2n) is 5.38. The average molecular weight is 197 g/mol. The highest BCUT2D eigenvalue weighted by Gasteiger charge is 2.21. The molecular weight excluding hydrogens is 170 g/mol. The summed E-state index contributed by atoms with van der Waals surface area (Å²) in [4.78, 5) is 0. The van der Waals surface area contributed by atoms with E-state index in [1.807, 2.05) is 0 Å². The van der Waals surface area contributed by atoms with Crippen molar-refractivity contribution in [1.29, 1.82) is 0 Å². The van der Waals surface area contributed by atoms with Gasteiger partial charge in [-0.1, -0.05) is 52.4 Å². The molecule has 1 fully saturated rings. The van der Waals surface area contributed by atoms with E-state index < -0.39 is 0 Å². The number of hydrogen-bond acceptors (Lipinski definition) is 1. The van der Waals surface area contributed by atoms with E-state index in [2.05, 4.69) is 13.8 Å². The molecule has 2 N–H and O–H groups in total. The van der Waals surface area contributed by atoms with E-state index in [4.69, 9.17) is 5.73 Å². The topological polar surface area (TPSA) is 26.0 Å². The monoisotopic (exact) mass is 197 g/mol. The van der Waals surface area contributed by atoms with Gasteiger partial charge in [-0.15, -0.1) is 0 Å². The van der Waals surface area contributed by atoms with Gasteiger partial charge < -0.3 is 5.73 Å². The van der Waals surface area contributed by atoms with Gasteiger partial charge in [-0.2, -0.15) is 0 Å². The minimum absolute atomic E-state index is 0.799. The smallest absolute Gasteiger partial charge is 0.00461 e. The lowest BCUT2D eigenvalue weighted by Crippen LogP contribution is -2.24. The fourth-order valence-electron chi connectivity index (χ4n) is 2.87. The molecule has 0 bridgehead atoms. The molecule has 1 rings (SSSR count). The fourth-order valence-corrected chi connectivity index (χ4v) is 2.87. The fraction of sp³-hybridized carbons (Fsp3) is 1.00. The normalized spacial score (nSPS) is 22.3. The third-order valence-electron chi connectivity index (χ3n) is 3.64. The van der Waals surface area contributed by atoms with E-state index in [1.54, 1.807) is 0 Å². The molecule has 1 heteroatoms. The first-order valence-electron chi connectivity index (χ1n) is 6.44. The van der Waals surface area contributed by atoms with Crippen LogP contribution in [0, 0.1) is 17.8 Å². The van der Waals surface area contributed by atoms with Crippen LogP contribution in [0.5, 0.6) is 0 Å². The highest BCUT2D eigenvalue weighted by Crippen LogP contribution is 2.31. The molecule has 0 heterocycles. The Balaban J connectivity index is 2.40. The molecule has 0 aromatic heterocycles. The molecule has 1 saturated carbocycles. The molecule has 0 spiro atoms. The summed E-state index contributed by atoms with van der Waals surface area (Å²) in [5, 5.41) is 0. The summed E-state index contributed by atoms with van der Waals surface area (Å²) in [5.74, 6) is 2.55. The van der Waals surface area contributed by atoms with Crippen LogP contribution in [0.25, 0.3) is 0 Å². The third-order valence-corrected chi connectivity index (χ3v) is 3.64. The molecular formula is C13H27N. The minimum Gasteiger partial charge on any atom is -0.330 e. The Morgan fingerprint density at radius 1 is 1.07 bits per heavy atom. The van der Waals surface area contributed by atoms with Crippen LogP contribution in [0.4, 0.5) is 0 Å². The first-order valence-corrected chi connectivity index (χ1v) is 6.44. The van der Waals surface area contributed by atoms with Crippen molar-refractivity contribution in [2.24, 2.45) is 23.5 Å². The van der Waals surface area contributed by atoms with Gasteiger partial charge in [-0.25, -0.2) is 0 Å². The standard InChI is InChI=1S/C13H27N/c1-11(2)9-13(10-14)12-7-5-3-4-6-8-12/h11-13H,3-10,14H2,1-2H3. The molecule has 1 aliphatic rings. The van der Waals surface area contributed by atoms with Crippen molar-refractivity contribution < 1.29 is 0 Å². The lowest BCUT2D eigenvalue weighted by atomic mass is 9.81. The molecule has 0 aromatic carbocycles. The molecule has 0 aliphatic heterocycles. The highest BCUT2D eigenvalue weighted by atomic mass is 14.6.